The molecule has 0 fully saturated rings. The summed E-state index contributed by atoms with van der Waals surface area (Å²) in [4.78, 5) is 17.2. The molecular formula is C12H18F2N4O. The van der Waals surface area contributed by atoms with Gasteiger partial charge >= 0.3 is 0 Å². The van der Waals surface area contributed by atoms with Crippen LogP contribution < -0.4 is 11.3 Å². The minimum atomic E-state index is -2.56. The van der Waals surface area contributed by atoms with Crippen molar-refractivity contribution >= 4 is 11.7 Å². The van der Waals surface area contributed by atoms with Gasteiger partial charge in [-0.1, -0.05) is 13.8 Å². The zero-order valence-corrected chi connectivity index (χ0v) is 11.2. The van der Waals surface area contributed by atoms with Gasteiger partial charge in [-0.25, -0.2) is 19.6 Å². The SMILES string of the molecule is CC(C)c1cc(C(=O)N(C)CC(F)F)cc(NN)n1. The fraction of sp³-hybridized carbons (Fsp3) is 0.500. The lowest BCUT2D eigenvalue weighted by Crippen LogP contribution is -2.31. The third kappa shape index (κ3) is 4.13. The van der Waals surface area contributed by atoms with Crippen LogP contribution in [0.15, 0.2) is 12.1 Å². The molecule has 0 radical (unpaired) electrons. The van der Waals surface area contributed by atoms with Gasteiger partial charge in [0.1, 0.15) is 5.82 Å². The molecule has 0 aliphatic rings. The van der Waals surface area contributed by atoms with Gasteiger partial charge < -0.3 is 10.3 Å². The Hall–Kier alpha value is -1.76. The summed E-state index contributed by atoms with van der Waals surface area (Å²) >= 11 is 0. The fourth-order valence-corrected chi connectivity index (χ4v) is 1.56. The van der Waals surface area contributed by atoms with E-state index in [0.29, 0.717) is 11.5 Å². The maximum Gasteiger partial charge on any atom is 0.255 e. The highest BCUT2D eigenvalue weighted by atomic mass is 19.3. The van der Waals surface area contributed by atoms with Crippen LogP contribution >= 0.6 is 0 Å². The van der Waals surface area contributed by atoms with Crippen molar-refractivity contribution in [1.29, 1.82) is 0 Å². The summed E-state index contributed by atoms with van der Waals surface area (Å²) < 4.78 is 24.6. The van der Waals surface area contributed by atoms with E-state index in [2.05, 4.69) is 10.4 Å². The van der Waals surface area contributed by atoms with Gasteiger partial charge in [-0.3, -0.25) is 4.79 Å². The van der Waals surface area contributed by atoms with Crippen LogP contribution in [-0.4, -0.2) is 35.8 Å². The van der Waals surface area contributed by atoms with Gasteiger partial charge in [0.25, 0.3) is 12.3 Å². The minimum absolute atomic E-state index is 0.0975. The molecule has 106 valence electrons. The van der Waals surface area contributed by atoms with Crippen molar-refractivity contribution in [3.63, 3.8) is 0 Å². The number of pyridine rings is 1. The van der Waals surface area contributed by atoms with Crippen molar-refractivity contribution in [2.24, 2.45) is 5.84 Å². The predicted molar refractivity (Wildman–Crippen MR) is 69.1 cm³/mol. The zero-order valence-electron chi connectivity index (χ0n) is 11.2. The first-order chi connectivity index (χ1) is 8.85. The number of aromatic nitrogens is 1. The van der Waals surface area contributed by atoms with Crippen molar-refractivity contribution < 1.29 is 13.6 Å². The lowest BCUT2D eigenvalue weighted by Gasteiger charge is -2.18. The van der Waals surface area contributed by atoms with Gasteiger partial charge in [-0.15, -0.1) is 0 Å². The average Bonchev–Trinajstić information content (AvgIpc) is 2.36. The molecule has 0 atom stereocenters. The summed E-state index contributed by atoms with van der Waals surface area (Å²) in [5.74, 6) is 5.23. The average molecular weight is 272 g/mol. The van der Waals surface area contributed by atoms with Crippen LogP contribution in [0.25, 0.3) is 0 Å². The zero-order chi connectivity index (χ0) is 14.6. The summed E-state index contributed by atoms with van der Waals surface area (Å²) in [6, 6.07) is 3.03. The molecule has 5 nitrogen and oxygen atoms in total. The van der Waals surface area contributed by atoms with Gasteiger partial charge in [0.05, 0.1) is 6.54 Å². The van der Waals surface area contributed by atoms with Crippen LogP contribution in [0.3, 0.4) is 0 Å². The Kier molecular flexibility index (Phi) is 5.17. The molecule has 1 rings (SSSR count). The topological polar surface area (TPSA) is 71.2 Å². The lowest BCUT2D eigenvalue weighted by molar-refractivity contribution is 0.0620. The number of halogens is 2. The van der Waals surface area contributed by atoms with Crippen molar-refractivity contribution in [3.8, 4) is 0 Å². The number of anilines is 1. The Labute approximate surface area is 110 Å². The molecule has 0 spiro atoms. The highest BCUT2D eigenvalue weighted by molar-refractivity contribution is 5.94. The second kappa shape index (κ2) is 6.42. The van der Waals surface area contributed by atoms with Crippen LogP contribution in [0.2, 0.25) is 0 Å². The number of hydrogen-bond donors (Lipinski definition) is 2. The molecule has 0 aliphatic heterocycles. The summed E-state index contributed by atoms with van der Waals surface area (Å²) in [6.07, 6.45) is -2.56. The van der Waals surface area contributed by atoms with E-state index >= 15 is 0 Å². The second-order valence-electron chi connectivity index (χ2n) is 4.54. The molecule has 0 aromatic carbocycles. The molecule has 1 heterocycles. The lowest BCUT2D eigenvalue weighted by atomic mass is 10.1. The van der Waals surface area contributed by atoms with Crippen LogP contribution in [0.4, 0.5) is 14.6 Å². The van der Waals surface area contributed by atoms with Crippen molar-refractivity contribution in [2.45, 2.75) is 26.2 Å². The number of nitrogens with one attached hydrogen (secondary N) is 1. The molecule has 0 saturated heterocycles. The number of carbonyl (C=O) groups is 1. The molecule has 1 amide bonds. The highest BCUT2D eigenvalue weighted by Crippen LogP contribution is 2.18. The molecule has 1 aromatic rings. The van der Waals surface area contributed by atoms with Crippen molar-refractivity contribution in [3.05, 3.63) is 23.4 Å². The number of carbonyl (C=O) groups excluding carboxylic acids is 1. The number of hydrogen-bond acceptors (Lipinski definition) is 4. The maximum atomic E-state index is 12.3. The number of rotatable bonds is 5. The van der Waals surface area contributed by atoms with Crippen LogP contribution in [0.5, 0.6) is 0 Å². The maximum absolute atomic E-state index is 12.3. The van der Waals surface area contributed by atoms with E-state index in [9.17, 15) is 13.6 Å². The quantitative estimate of drug-likeness (QED) is 0.633. The Bertz CT molecular complexity index is 451. The first kappa shape index (κ1) is 15.3. The molecule has 0 unspecified atom stereocenters. The Morgan fingerprint density at radius 2 is 2.11 bits per heavy atom. The largest absolute Gasteiger partial charge is 0.336 e. The molecule has 1 aromatic heterocycles. The first-order valence-electron chi connectivity index (χ1n) is 5.87. The number of nitrogen functional groups attached to an aromatic ring is 1. The number of nitrogens with two attached hydrogens (primary N) is 1. The monoisotopic (exact) mass is 272 g/mol. The van der Waals surface area contributed by atoms with Crippen LogP contribution in [-0.2, 0) is 0 Å². The van der Waals surface area contributed by atoms with Gasteiger partial charge in [-0.05, 0) is 18.1 Å². The summed E-state index contributed by atoms with van der Waals surface area (Å²) in [7, 11) is 1.33. The smallest absolute Gasteiger partial charge is 0.255 e. The summed E-state index contributed by atoms with van der Waals surface area (Å²) in [5, 5.41) is 0. The second-order valence-corrected chi connectivity index (χ2v) is 4.54. The number of alkyl halides is 2. The molecule has 0 saturated carbocycles. The van der Waals surface area contributed by atoms with Crippen molar-refractivity contribution in [2.75, 3.05) is 19.0 Å². The third-order valence-electron chi connectivity index (χ3n) is 2.59. The van der Waals surface area contributed by atoms with Gasteiger partial charge in [0.2, 0.25) is 0 Å². The van der Waals surface area contributed by atoms with E-state index in [-0.39, 0.29) is 11.5 Å². The number of hydrazine groups is 1. The molecule has 0 bridgehead atoms. The van der Waals surface area contributed by atoms with Crippen LogP contribution in [0, 0.1) is 0 Å². The first-order valence-corrected chi connectivity index (χ1v) is 5.87. The minimum Gasteiger partial charge on any atom is -0.336 e. The van der Waals surface area contributed by atoms with E-state index in [1.807, 2.05) is 13.8 Å². The van der Waals surface area contributed by atoms with E-state index in [0.717, 1.165) is 4.90 Å². The van der Waals surface area contributed by atoms with Gasteiger partial charge in [0.15, 0.2) is 0 Å². The van der Waals surface area contributed by atoms with E-state index in [1.54, 1.807) is 6.07 Å². The van der Waals surface area contributed by atoms with E-state index in [1.165, 1.54) is 13.1 Å². The number of nitrogens with zero attached hydrogens (tertiary/aromatic N) is 2. The Morgan fingerprint density at radius 3 is 2.58 bits per heavy atom. The Morgan fingerprint density at radius 1 is 1.47 bits per heavy atom. The standard InChI is InChI=1S/C12H18F2N4O/c1-7(2)9-4-8(5-11(16-9)17-15)12(19)18(3)6-10(13)14/h4-5,7,10H,6,15H2,1-3H3,(H,16,17). The Balaban J connectivity index is 3.05. The molecule has 19 heavy (non-hydrogen) atoms. The van der Waals surface area contributed by atoms with E-state index < -0.39 is 18.9 Å². The molecule has 3 N–H and O–H groups in total. The molecule has 0 aliphatic carbocycles. The predicted octanol–water partition coefficient (Wildman–Crippen LogP) is 1.83. The van der Waals surface area contributed by atoms with Crippen molar-refractivity contribution in [1.82, 2.24) is 9.88 Å². The summed E-state index contributed by atoms with van der Waals surface area (Å²) in [6.45, 7) is 3.23. The van der Waals surface area contributed by atoms with Gasteiger partial charge in [-0.2, -0.15) is 0 Å². The molecule has 7 heteroatoms. The third-order valence-corrected chi connectivity index (χ3v) is 2.59. The molecular weight excluding hydrogens is 254 g/mol. The van der Waals surface area contributed by atoms with Gasteiger partial charge in [0, 0.05) is 18.3 Å². The number of amides is 1. The fourth-order valence-electron chi connectivity index (χ4n) is 1.56. The summed E-state index contributed by atoms with van der Waals surface area (Å²) in [5.41, 5.74) is 3.32. The normalized spacial score (nSPS) is 10.9. The highest BCUT2D eigenvalue weighted by Gasteiger charge is 2.18. The van der Waals surface area contributed by atoms with E-state index in [4.69, 9.17) is 5.84 Å². The van der Waals surface area contributed by atoms with Crippen LogP contribution in [0.1, 0.15) is 35.8 Å².